The number of carbonyl (C=O) groups excluding carboxylic acids is 3. The van der Waals surface area contributed by atoms with Crippen molar-refractivity contribution < 1.29 is 14.4 Å². The summed E-state index contributed by atoms with van der Waals surface area (Å²) in [5.41, 5.74) is 5.12. The number of hydrogen-bond donors (Lipinski definition) is 3. The molecule has 1 unspecified atom stereocenters. The average molecular weight is 277 g/mol. The number of ketones is 1. The fourth-order valence-electron chi connectivity index (χ4n) is 1.87. The van der Waals surface area contributed by atoms with Gasteiger partial charge in [0.25, 0.3) is 5.91 Å². The number of carbonyl (C=O) groups is 3. The van der Waals surface area contributed by atoms with E-state index in [4.69, 9.17) is 5.73 Å². The maximum Gasteiger partial charge on any atom is 0.276 e. The Morgan fingerprint density at radius 3 is 2.60 bits per heavy atom. The van der Waals surface area contributed by atoms with Gasteiger partial charge in [-0.15, -0.1) is 0 Å². The van der Waals surface area contributed by atoms with E-state index >= 15 is 0 Å². The van der Waals surface area contributed by atoms with Gasteiger partial charge in [0.2, 0.25) is 5.79 Å². The predicted octanol–water partition coefficient (Wildman–Crippen LogP) is -0.328. The minimum Gasteiger partial charge on any atom is -0.327 e. The monoisotopic (exact) mass is 277 g/mol. The third-order valence-electron chi connectivity index (χ3n) is 2.79. The minimum atomic E-state index is -1.75. The van der Waals surface area contributed by atoms with Gasteiger partial charge in [0.15, 0.2) is 23.6 Å². The Morgan fingerprint density at radius 2 is 2.05 bits per heavy atom. The second-order valence-electron chi connectivity index (χ2n) is 5.58. The molecule has 106 valence electrons. The molecule has 8 heteroatoms. The molecule has 0 aliphatic carbocycles. The topological polar surface area (TPSA) is 127 Å². The molecule has 0 saturated carbocycles. The Kier molecular flexibility index (Phi) is 3.05. The summed E-state index contributed by atoms with van der Waals surface area (Å²) >= 11 is 0. The van der Waals surface area contributed by atoms with Gasteiger partial charge in [0.1, 0.15) is 5.69 Å². The van der Waals surface area contributed by atoms with Gasteiger partial charge in [-0.05, 0) is 0 Å². The molecule has 0 radical (unpaired) electrons. The standard InChI is InChI=1S/C12H15N5O3/c1-11(2,3)10(20)12(13)16-8-7(9(19)17-12)15-6(5-18)4-14-8/h4-5H,13H2,1-3H3,(H,14,16)(H,17,19). The Morgan fingerprint density at radius 1 is 1.40 bits per heavy atom. The van der Waals surface area contributed by atoms with Crippen molar-refractivity contribution in [2.24, 2.45) is 11.1 Å². The molecule has 0 saturated heterocycles. The molecule has 8 nitrogen and oxygen atoms in total. The van der Waals surface area contributed by atoms with Gasteiger partial charge in [-0.2, -0.15) is 0 Å². The van der Waals surface area contributed by atoms with Crippen molar-refractivity contribution >= 4 is 23.8 Å². The first-order valence-electron chi connectivity index (χ1n) is 5.94. The summed E-state index contributed by atoms with van der Waals surface area (Å²) in [4.78, 5) is 42.7. The van der Waals surface area contributed by atoms with Gasteiger partial charge in [0, 0.05) is 5.41 Å². The van der Waals surface area contributed by atoms with Crippen LogP contribution in [-0.4, -0.2) is 33.7 Å². The molecule has 1 aromatic rings. The van der Waals surface area contributed by atoms with E-state index in [1.165, 1.54) is 6.20 Å². The fourth-order valence-corrected chi connectivity index (χ4v) is 1.87. The SMILES string of the molecule is CC(C)(C)C(=O)C1(N)NC(=O)c2nc(C=O)cnc2N1. The Bertz CT molecular complexity index is 608. The number of Topliss-reactive ketones (excluding diaryl/α,β-unsaturated/α-hetero) is 1. The number of fused-ring (bicyclic) bond motifs is 1. The number of amides is 1. The first kappa shape index (κ1) is 14.1. The zero-order valence-corrected chi connectivity index (χ0v) is 11.4. The highest BCUT2D eigenvalue weighted by molar-refractivity contribution is 6.06. The second kappa shape index (κ2) is 4.34. The lowest BCUT2D eigenvalue weighted by Crippen LogP contribution is -2.71. The summed E-state index contributed by atoms with van der Waals surface area (Å²) in [5.74, 6) is -2.74. The van der Waals surface area contributed by atoms with Crippen LogP contribution in [0.3, 0.4) is 0 Å². The molecule has 2 rings (SSSR count). The molecule has 1 aliphatic rings. The first-order valence-corrected chi connectivity index (χ1v) is 5.94. The summed E-state index contributed by atoms with van der Waals surface area (Å²) < 4.78 is 0. The maximum absolute atomic E-state index is 12.3. The van der Waals surface area contributed by atoms with Crippen molar-refractivity contribution in [2.45, 2.75) is 26.6 Å². The zero-order valence-electron chi connectivity index (χ0n) is 11.4. The molecule has 0 fully saturated rings. The van der Waals surface area contributed by atoms with Crippen LogP contribution in [0.1, 0.15) is 41.7 Å². The average Bonchev–Trinajstić information content (AvgIpc) is 2.36. The highest BCUT2D eigenvalue weighted by atomic mass is 16.2. The molecule has 20 heavy (non-hydrogen) atoms. The largest absolute Gasteiger partial charge is 0.327 e. The second-order valence-corrected chi connectivity index (χ2v) is 5.58. The zero-order chi connectivity index (χ0) is 15.1. The van der Waals surface area contributed by atoms with Gasteiger partial charge in [-0.25, -0.2) is 9.97 Å². The summed E-state index contributed by atoms with van der Waals surface area (Å²) in [5, 5.41) is 5.03. The highest BCUT2D eigenvalue weighted by Crippen LogP contribution is 2.25. The van der Waals surface area contributed by atoms with Gasteiger partial charge < -0.3 is 10.6 Å². The number of nitrogens with zero attached hydrogens (tertiary/aromatic N) is 2. The molecule has 1 aliphatic heterocycles. The summed E-state index contributed by atoms with van der Waals surface area (Å²) in [6.07, 6.45) is 1.67. The van der Waals surface area contributed by atoms with Crippen LogP contribution >= 0.6 is 0 Å². The van der Waals surface area contributed by atoms with Crippen LogP contribution < -0.4 is 16.4 Å². The van der Waals surface area contributed by atoms with Gasteiger partial charge in [-0.1, -0.05) is 20.8 Å². The Hall–Kier alpha value is -2.35. The molecule has 0 bridgehead atoms. The summed E-state index contributed by atoms with van der Waals surface area (Å²) in [7, 11) is 0. The van der Waals surface area contributed by atoms with Crippen LogP contribution in [0.25, 0.3) is 0 Å². The van der Waals surface area contributed by atoms with E-state index in [9.17, 15) is 14.4 Å². The lowest BCUT2D eigenvalue weighted by atomic mass is 9.86. The number of aldehydes is 1. The van der Waals surface area contributed by atoms with Crippen LogP contribution in [0.15, 0.2) is 6.20 Å². The first-order chi connectivity index (χ1) is 9.17. The minimum absolute atomic E-state index is 0.0207. The lowest BCUT2D eigenvalue weighted by molar-refractivity contribution is -0.131. The van der Waals surface area contributed by atoms with E-state index < -0.39 is 22.9 Å². The molecular weight excluding hydrogens is 262 g/mol. The lowest BCUT2D eigenvalue weighted by Gasteiger charge is -2.38. The van der Waals surface area contributed by atoms with Crippen LogP contribution in [-0.2, 0) is 4.79 Å². The van der Waals surface area contributed by atoms with E-state index in [1.54, 1.807) is 20.8 Å². The molecular formula is C12H15N5O3. The van der Waals surface area contributed by atoms with Crippen molar-refractivity contribution in [3.63, 3.8) is 0 Å². The van der Waals surface area contributed by atoms with Gasteiger partial charge in [0.05, 0.1) is 6.20 Å². The maximum atomic E-state index is 12.3. The molecule has 1 atom stereocenters. The number of anilines is 1. The van der Waals surface area contributed by atoms with Crippen molar-refractivity contribution in [3.05, 3.63) is 17.6 Å². The van der Waals surface area contributed by atoms with Crippen molar-refractivity contribution in [3.8, 4) is 0 Å². The number of hydrogen-bond acceptors (Lipinski definition) is 7. The number of aromatic nitrogens is 2. The molecule has 1 amide bonds. The van der Waals surface area contributed by atoms with Crippen molar-refractivity contribution in [1.82, 2.24) is 15.3 Å². The molecule has 2 heterocycles. The fraction of sp³-hybridized carbons (Fsp3) is 0.417. The van der Waals surface area contributed by atoms with E-state index in [0.717, 1.165) is 0 Å². The molecule has 1 aromatic heterocycles. The van der Waals surface area contributed by atoms with E-state index in [-0.39, 0.29) is 17.2 Å². The van der Waals surface area contributed by atoms with Crippen molar-refractivity contribution in [2.75, 3.05) is 5.32 Å². The van der Waals surface area contributed by atoms with Crippen LogP contribution in [0.5, 0.6) is 0 Å². The molecule has 0 spiro atoms. The van der Waals surface area contributed by atoms with Crippen LogP contribution in [0, 0.1) is 5.41 Å². The quantitative estimate of drug-likeness (QED) is 0.632. The van der Waals surface area contributed by atoms with E-state index in [1.807, 2.05) is 0 Å². The number of nitrogens with two attached hydrogens (primary N) is 1. The Balaban J connectivity index is 2.44. The number of nitrogens with one attached hydrogen (secondary N) is 2. The van der Waals surface area contributed by atoms with Gasteiger partial charge >= 0.3 is 0 Å². The number of rotatable bonds is 2. The van der Waals surface area contributed by atoms with Crippen molar-refractivity contribution in [1.29, 1.82) is 0 Å². The summed E-state index contributed by atoms with van der Waals surface area (Å²) in [6.45, 7) is 5.07. The predicted molar refractivity (Wildman–Crippen MR) is 69.9 cm³/mol. The highest BCUT2D eigenvalue weighted by Gasteiger charge is 2.46. The molecule has 4 N–H and O–H groups in total. The van der Waals surface area contributed by atoms with E-state index in [0.29, 0.717) is 6.29 Å². The third-order valence-corrected chi connectivity index (χ3v) is 2.79. The third kappa shape index (κ3) is 2.25. The Labute approximate surface area is 115 Å². The summed E-state index contributed by atoms with van der Waals surface area (Å²) in [6, 6.07) is 0. The van der Waals surface area contributed by atoms with Gasteiger partial charge in [-0.3, -0.25) is 20.1 Å². The van der Waals surface area contributed by atoms with Crippen LogP contribution in [0.2, 0.25) is 0 Å². The normalized spacial score (nSPS) is 21.5. The van der Waals surface area contributed by atoms with Crippen LogP contribution in [0.4, 0.5) is 5.82 Å². The molecule has 0 aromatic carbocycles. The van der Waals surface area contributed by atoms with E-state index in [2.05, 4.69) is 20.6 Å². The smallest absolute Gasteiger partial charge is 0.276 e.